The molecule has 0 aliphatic carbocycles. The monoisotopic (exact) mass is 296 g/mol. The first-order chi connectivity index (χ1) is 10.7. The molecule has 0 unspecified atom stereocenters. The van der Waals surface area contributed by atoms with E-state index in [0.717, 1.165) is 6.42 Å². The Morgan fingerprint density at radius 1 is 0.864 bits per heavy atom. The summed E-state index contributed by atoms with van der Waals surface area (Å²) in [6.07, 6.45) is 3.75. The summed E-state index contributed by atoms with van der Waals surface area (Å²) in [6, 6.07) is 22.0. The summed E-state index contributed by atoms with van der Waals surface area (Å²) in [4.78, 5) is 1.55. The van der Waals surface area contributed by atoms with E-state index in [1.165, 1.54) is 30.5 Å². The Balaban J connectivity index is 2.08. The first kappa shape index (κ1) is 16.8. The van der Waals surface area contributed by atoms with Crippen molar-refractivity contribution in [2.45, 2.75) is 32.1 Å². The van der Waals surface area contributed by atoms with E-state index in [4.69, 9.17) is 0 Å². The van der Waals surface area contributed by atoms with Crippen molar-refractivity contribution >= 4 is 0 Å². The highest BCUT2D eigenvalue weighted by molar-refractivity contribution is 5.24. The molecule has 0 fully saturated rings. The van der Waals surface area contributed by atoms with E-state index in [1.54, 1.807) is 4.90 Å². The lowest BCUT2D eigenvalue weighted by Gasteiger charge is -2.25. The van der Waals surface area contributed by atoms with Crippen molar-refractivity contribution in [3.63, 3.8) is 0 Å². The third kappa shape index (κ3) is 5.31. The molecular formula is C21H30N+. The van der Waals surface area contributed by atoms with Crippen LogP contribution in [0.5, 0.6) is 0 Å². The SMILES string of the molecule is C[C@@H](CCC[NH+](C)C)[C@@H](Cc1ccccc1)c1ccccc1. The Morgan fingerprint density at radius 3 is 2.05 bits per heavy atom. The van der Waals surface area contributed by atoms with Gasteiger partial charge in [0, 0.05) is 0 Å². The van der Waals surface area contributed by atoms with Crippen LogP contribution in [0.15, 0.2) is 60.7 Å². The van der Waals surface area contributed by atoms with Gasteiger partial charge < -0.3 is 4.90 Å². The lowest BCUT2D eigenvalue weighted by Crippen LogP contribution is -3.05. The highest BCUT2D eigenvalue weighted by Crippen LogP contribution is 2.31. The van der Waals surface area contributed by atoms with E-state index >= 15 is 0 Å². The van der Waals surface area contributed by atoms with Gasteiger partial charge in [0.2, 0.25) is 0 Å². The van der Waals surface area contributed by atoms with Crippen molar-refractivity contribution in [3.05, 3.63) is 71.8 Å². The molecule has 2 aromatic rings. The molecule has 0 bridgehead atoms. The summed E-state index contributed by atoms with van der Waals surface area (Å²) in [5, 5.41) is 0. The summed E-state index contributed by atoms with van der Waals surface area (Å²) < 4.78 is 0. The van der Waals surface area contributed by atoms with Gasteiger partial charge in [0.1, 0.15) is 0 Å². The van der Waals surface area contributed by atoms with Gasteiger partial charge in [-0.2, -0.15) is 0 Å². The molecule has 1 nitrogen and oxygen atoms in total. The largest absolute Gasteiger partial charge is 0.340 e. The summed E-state index contributed by atoms with van der Waals surface area (Å²) >= 11 is 0. The second-order valence-corrected chi connectivity index (χ2v) is 6.78. The third-order valence-electron chi connectivity index (χ3n) is 4.55. The van der Waals surface area contributed by atoms with Crippen LogP contribution in [0.4, 0.5) is 0 Å². The summed E-state index contributed by atoms with van der Waals surface area (Å²) in [5.74, 6) is 1.32. The summed E-state index contributed by atoms with van der Waals surface area (Å²) in [7, 11) is 4.48. The minimum atomic E-state index is 0.612. The fourth-order valence-corrected chi connectivity index (χ4v) is 3.19. The maximum Gasteiger partial charge on any atom is 0.0766 e. The molecule has 2 rings (SSSR count). The highest BCUT2D eigenvalue weighted by Gasteiger charge is 2.19. The van der Waals surface area contributed by atoms with Crippen LogP contribution in [0.1, 0.15) is 36.8 Å². The van der Waals surface area contributed by atoms with Crippen molar-refractivity contribution in [1.82, 2.24) is 0 Å². The van der Waals surface area contributed by atoms with Gasteiger partial charge in [0.05, 0.1) is 20.6 Å². The molecule has 0 aliphatic heterocycles. The van der Waals surface area contributed by atoms with Crippen LogP contribution in [-0.2, 0) is 6.42 Å². The normalized spacial score (nSPS) is 14.0. The van der Waals surface area contributed by atoms with Crippen LogP contribution < -0.4 is 4.90 Å². The second kappa shape index (κ2) is 8.75. The molecule has 1 N–H and O–H groups in total. The number of hydrogen-bond acceptors (Lipinski definition) is 0. The summed E-state index contributed by atoms with van der Waals surface area (Å²) in [5.41, 5.74) is 2.93. The molecule has 2 aromatic carbocycles. The Kier molecular flexibility index (Phi) is 6.67. The van der Waals surface area contributed by atoms with Crippen LogP contribution >= 0.6 is 0 Å². The standard InChI is InChI=1S/C21H29N/c1-18(11-10-16-22(2)3)21(20-14-8-5-9-15-20)17-19-12-6-4-7-13-19/h4-9,12-15,18,21H,10-11,16-17H2,1-3H3/p+1/t18-,21+/m0/s1. The molecule has 1 heteroatoms. The van der Waals surface area contributed by atoms with E-state index in [2.05, 4.69) is 81.7 Å². The van der Waals surface area contributed by atoms with Crippen molar-refractivity contribution in [2.24, 2.45) is 5.92 Å². The number of quaternary nitrogens is 1. The molecule has 0 aliphatic rings. The fourth-order valence-electron chi connectivity index (χ4n) is 3.19. The molecule has 0 aromatic heterocycles. The predicted molar refractivity (Wildman–Crippen MR) is 95.4 cm³/mol. The van der Waals surface area contributed by atoms with Crippen LogP contribution in [0.25, 0.3) is 0 Å². The molecule has 0 saturated heterocycles. The Morgan fingerprint density at radius 2 is 1.45 bits per heavy atom. The van der Waals surface area contributed by atoms with Gasteiger partial charge in [-0.25, -0.2) is 0 Å². The Bertz CT molecular complexity index is 518. The summed E-state index contributed by atoms with van der Waals surface area (Å²) in [6.45, 7) is 3.68. The molecule has 0 spiro atoms. The maximum absolute atomic E-state index is 2.42. The average Bonchev–Trinajstić information content (AvgIpc) is 2.54. The van der Waals surface area contributed by atoms with E-state index in [0.29, 0.717) is 11.8 Å². The number of rotatable bonds is 8. The number of benzene rings is 2. The molecule has 118 valence electrons. The Hall–Kier alpha value is -1.60. The van der Waals surface area contributed by atoms with Crippen LogP contribution in [0.2, 0.25) is 0 Å². The molecule has 2 atom stereocenters. The minimum absolute atomic E-state index is 0.612. The maximum atomic E-state index is 2.42. The van der Waals surface area contributed by atoms with E-state index in [-0.39, 0.29) is 0 Å². The molecule has 22 heavy (non-hydrogen) atoms. The van der Waals surface area contributed by atoms with Crippen LogP contribution in [0.3, 0.4) is 0 Å². The van der Waals surface area contributed by atoms with Gasteiger partial charge in [0.15, 0.2) is 0 Å². The quantitative estimate of drug-likeness (QED) is 0.759. The number of hydrogen-bond donors (Lipinski definition) is 1. The minimum Gasteiger partial charge on any atom is -0.340 e. The third-order valence-corrected chi connectivity index (χ3v) is 4.55. The molecular weight excluding hydrogens is 266 g/mol. The van der Waals surface area contributed by atoms with E-state index in [1.807, 2.05) is 0 Å². The van der Waals surface area contributed by atoms with E-state index < -0.39 is 0 Å². The molecule has 0 amide bonds. The van der Waals surface area contributed by atoms with Gasteiger partial charge in [-0.3, -0.25) is 0 Å². The van der Waals surface area contributed by atoms with Gasteiger partial charge in [0.25, 0.3) is 0 Å². The van der Waals surface area contributed by atoms with Crippen molar-refractivity contribution in [1.29, 1.82) is 0 Å². The van der Waals surface area contributed by atoms with Crippen molar-refractivity contribution < 1.29 is 4.90 Å². The predicted octanol–water partition coefficient (Wildman–Crippen LogP) is 3.57. The van der Waals surface area contributed by atoms with Gasteiger partial charge in [-0.05, 0) is 42.2 Å². The zero-order chi connectivity index (χ0) is 15.8. The van der Waals surface area contributed by atoms with Crippen LogP contribution in [-0.4, -0.2) is 20.6 Å². The first-order valence-electron chi connectivity index (χ1n) is 8.54. The van der Waals surface area contributed by atoms with Crippen molar-refractivity contribution in [2.75, 3.05) is 20.6 Å². The fraction of sp³-hybridized carbons (Fsp3) is 0.429. The van der Waals surface area contributed by atoms with Gasteiger partial charge in [-0.15, -0.1) is 0 Å². The van der Waals surface area contributed by atoms with Gasteiger partial charge in [-0.1, -0.05) is 67.6 Å². The van der Waals surface area contributed by atoms with Crippen molar-refractivity contribution in [3.8, 4) is 0 Å². The molecule has 0 saturated carbocycles. The zero-order valence-corrected chi connectivity index (χ0v) is 14.3. The number of nitrogens with one attached hydrogen (secondary N) is 1. The molecule has 0 heterocycles. The second-order valence-electron chi connectivity index (χ2n) is 6.78. The first-order valence-corrected chi connectivity index (χ1v) is 8.54. The Labute approximate surface area is 136 Å². The zero-order valence-electron chi connectivity index (χ0n) is 14.3. The smallest absolute Gasteiger partial charge is 0.0766 e. The van der Waals surface area contributed by atoms with Crippen LogP contribution in [0, 0.1) is 5.92 Å². The van der Waals surface area contributed by atoms with Gasteiger partial charge >= 0.3 is 0 Å². The molecule has 0 radical (unpaired) electrons. The average molecular weight is 296 g/mol. The lowest BCUT2D eigenvalue weighted by atomic mass is 9.80. The lowest BCUT2D eigenvalue weighted by molar-refractivity contribution is -0.858. The topological polar surface area (TPSA) is 4.44 Å². The highest BCUT2D eigenvalue weighted by atomic mass is 15.0. The van der Waals surface area contributed by atoms with E-state index in [9.17, 15) is 0 Å².